The lowest BCUT2D eigenvalue weighted by Crippen LogP contribution is -2.17. The molecule has 0 bridgehead atoms. The predicted molar refractivity (Wildman–Crippen MR) is 83.5 cm³/mol. The standard InChI is InChI=1S/C16H16N4O2/c1-2-22-16(21)11-18-14-7-6-12(9-17-14)13-10-19-15-5-3-4-8-20(13)15/h3-10H,2,11H2,1H3,(H,17,18). The van der Waals surface area contributed by atoms with E-state index in [9.17, 15) is 4.79 Å². The Bertz CT molecular complexity index is 780. The number of aromatic nitrogens is 3. The zero-order valence-corrected chi connectivity index (χ0v) is 12.2. The zero-order valence-electron chi connectivity index (χ0n) is 12.2. The molecule has 0 saturated carbocycles. The Morgan fingerprint density at radius 2 is 2.14 bits per heavy atom. The third-order valence-electron chi connectivity index (χ3n) is 3.20. The van der Waals surface area contributed by atoms with Gasteiger partial charge in [-0.2, -0.15) is 0 Å². The second-order valence-corrected chi connectivity index (χ2v) is 4.66. The molecule has 0 atom stereocenters. The number of rotatable bonds is 5. The third-order valence-corrected chi connectivity index (χ3v) is 3.20. The summed E-state index contributed by atoms with van der Waals surface area (Å²) in [5.74, 6) is 0.334. The molecule has 112 valence electrons. The highest BCUT2D eigenvalue weighted by Crippen LogP contribution is 2.20. The van der Waals surface area contributed by atoms with Gasteiger partial charge in [0.15, 0.2) is 0 Å². The van der Waals surface area contributed by atoms with Crippen molar-refractivity contribution >= 4 is 17.4 Å². The van der Waals surface area contributed by atoms with Gasteiger partial charge in [-0.3, -0.25) is 9.20 Å². The number of hydrogen-bond acceptors (Lipinski definition) is 5. The Morgan fingerprint density at radius 3 is 2.91 bits per heavy atom. The summed E-state index contributed by atoms with van der Waals surface area (Å²) in [5.41, 5.74) is 2.82. The van der Waals surface area contributed by atoms with Gasteiger partial charge in [-0.25, -0.2) is 9.97 Å². The van der Waals surface area contributed by atoms with E-state index in [1.807, 2.05) is 47.1 Å². The molecule has 0 aliphatic heterocycles. The Hall–Kier alpha value is -2.89. The monoisotopic (exact) mass is 296 g/mol. The molecular formula is C16H16N4O2. The highest BCUT2D eigenvalue weighted by atomic mass is 16.5. The van der Waals surface area contributed by atoms with Crippen LogP contribution < -0.4 is 5.32 Å². The number of pyridine rings is 2. The second-order valence-electron chi connectivity index (χ2n) is 4.66. The molecule has 0 spiro atoms. The summed E-state index contributed by atoms with van der Waals surface area (Å²) in [6.07, 6.45) is 5.53. The van der Waals surface area contributed by atoms with Crippen LogP contribution in [0.1, 0.15) is 6.92 Å². The summed E-state index contributed by atoms with van der Waals surface area (Å²) in [6.45, 7) is 2.26. The number of fused-ring (bicyclic) bond motifs is 1. The van der Waals surface area contributed by atoms with E-state index in [2.05, 4.69) is 15.3 Å². The summed E-state index contributed by atoms with van der Waals surface area (Å²) in [4.78, 5) is 20.0. The average molecular weight is 296 g/mol. The van der Waals surface area contributed by atoms with E-state index in [1.54, 1.807) is 13.1 Å². The van der Waals surface area contributed by atoms with Gasteiger partial charge in [0.25, 0.3) is 0 Å². The number of nitrogens with zero attached hydrogens (tertiary/aromatic N) is 3. The zero-order chi connectivity index (χ0) is 15.4. The number of nitrogens with one attached hydrogen (secondary N) is 1. The molecule has 0 unspecified atom stereocenters. The first kappa shape index (κ1) is 14.1. The quantitative estimate of drug-likeness (QED) is 0.732. The molecule has 6 nitrogen and oxygen atoms in total. The van der Waals surface area contributed by atoms with Crippen LogP contribution in [0.2, 0.25) is 0 Å². The molecule has 0 radical (unpaired) electrons. The van der Waals surface area contributed by atoms with Gasteiger partial charge in [0.1, 0.15) is 18.0 Å². The lowest BCUT2D eigenvalue weighted by molar-refractivity contribution is -0.140. The number of esters is 1. The molecule has 6 heteroatoms. The molecule has 3 aromatic heterocycles. The highest BCUT2D eigenvalue weighted by molar-refractivity contribution is 5.74. The van der Waals surface area contributed by atoms with Crippen LogP contribution in [0.3, 0.4) is 0 Å². The van der Waals surface area contributed by atoms with Gasteiger partial charge >= 0.3 is 5.97 Å². The number of anilines is 1. The molecule has 22 heavy (non-hydrogen) atoms. The molecule has 3 rings (SSSR count). The maximum absolute atomic E-state index is 11.3. The highest BCUT2D eigenvalue weighted by Gasteiger charge is 2.06. The number of carbonyl (C=O) groups is 1. The van der Waals surface area contributed by atoms with Gasteiger partial charge in [0.05, 0.1) is 18.5 Å². The Kier molecular flexibility index (Phi) is 4.00. The summed E-state index contributed by atoms with van der Waals surface area (Å²) >= 11 is 0. The molecular weight excluding hydrogens is 280 g/mol. The summed E-state index contributed by atoms with van der Waals surface area (Å²) in [6, 6.07) is 9.63. The minimum absolute atomic E-state index is 0.107. The van der Waals surface area contributed by atoms with Crippen LogP contribution >= 0.6 is 0 Å². The first-order valence-corrected chi connectivity index (χ1v) is 7.06. The van der Waals surface area contributed by atoms with Crippen molar-refractivity contribution in [1.82, 2.24) is 14.4 Å². The molecule has 1 N–H and O–H groups in total. The van der Waals surface area contributed by atoms with E-state index in [0.29, 0.717) is 12.4 Å². The normalized spacial score (nSPS) is 10.6. The van der Waals surface area contributed by atoms with E-state index in [0.717, 1.165) is 16.9 Å². The molecule has 3 aromatic rings. The van der Waals surface area contributed by atoms with Crippen molar-refractivity contribution in [3.8, 4) is 11.3 Å². The predicted octanol–water partition coefficient (Wildman–Crippen LogP) is 2.37. The Balaban J connectivity index is 1.75. The number of carbonyl (C=O) groups excluding carboxylic acids is 1. The van der Waals surface area contributed by atoms with E-state index < -0.39 is 0 Å². The van der Waals surface area contributed by atoms with Crippen LogP contribution in [0.15, 0.2) is 48.9 Å². The van der Waals surface area contributed by atoms with Crippen molar-refractivity contribution in [2.45, 2.75) is 6.92 Å². The summed E-state index contributed by atoms with van der Waals surface area (Å²) in [7, 11) is 0. The fourth-order valence-electron chi connectivity index (χ4n) is 2.17. The number of ether oxygens (including phenoxy) is 1. The molecule has 0 aromatic carbocycles. The molecule has 0 amide bonds. The van der Waals surface area contributed by atoms with E-state index in [4.69, 9.17) is 4.74 Å². The van der Waals surface area contributed by atoms with Crippen LogP contribution in [-0.4, -0.2) is 33.5 Å². The van der Waals surface area contributed by atoms with Crippen LogP contribution in [0, 0.1) is 0 Å². The smallest absolute Gasteiger partial charge is 0.325 e. The lowest BCUT2D eigenvalue weighted by atomic mass is 10.2. The summed E-state index contributed by atoms with van der Waals surface area (Å²) in [5, 5.41) is 2.93. The Morgan fingerprint density at radius 1 is 1.23 bits per heavy atom. The van der Waals surface area contributed by atoms with Crippen molar-refractivity contribution in [2.75, 3.05) is 18.5 Å². The van der Waals surface area contributed by atoms with E-state index in [-0.39, 0.29) is 12.5 Å². The van der Waals surface area contributed by atoms with Crippen molar-refractivity contribution in [3.05, 3.63) is 48.9 Å². The minimum Gasteiger partial charge on any atom is -0.465 e. The second kappa shape index (κ2) is 6.26. The van der Waals surface area contributed by atoms with Crippen LogP contribution in [-0.2, 0) is 9.53 Å². The molecule has 0 aliphatic rings. The van der Waals surface area contributed by atoms with E-state index in [1.165, 1.54) is 0 Å². The van der Waals surface area contributed by atoms with Gasteiger partial charge in [-0.1, -0.05) is 6.07 Å². The van der Waals surface area contributed by atoms with Gasteiger partial charge in [-0.15, -0.1) is 0 Å². The Labute approximate surface area is 127 Å². The topological polar surface area (TPSA) is 68.5 Å². The van der Waals surface area contributed by atoms with Crippen LogP contribution in [0.5, 0.6) is 0 Å². The maximum atomic E-state index is 11.3. The fraction of sp³-hybridized carbons (Fsp3) is 0.188. The first-order valence-electron chi connectivity index (χ1n) is 7.06. The number of imidazole rings is 1. The molecule has 0 fully saturated rings. The first-order chi connectivity index (χ1) is 10.8. The third kappa shape index (κ3) is 2.90. The largest absolute Gasteiger partial charge is 0.465 e. The minimum atomic E-state index is -0.296. The molecule has 0 saturated heterocycles. The van der Waals surface area contributed by atoms with Gasteiger partial charge in [-0.05, 0) is 31.2 Å². The summed E-state index contributed by atoms with van der Waals surface area (Å²) < 4.78 is 6.86. The van der Waals surface area contributed by atoms with Crippen molar-refractivity contribution in [3.63, 3.8) is 0 Å². The maximum Gasteiger partial charge on any atom is 0.325 e. The number of hydrogen-bond donors (Lipinski definition) is 1. The lowest BCUT2D eigenvalue weighted by Gasteiger charge is -2.06. The molecule has 0 aliphatic carbocycles. The van der Waals surface area contributed by atoms with Crippen molar-refractivity contribution in [1.29, 1.82) is 0 Å². The average Bonchev–Trinajstić information content (AvgIpc) is 2.98. The van der Waals surface area contributed by atoms with Gasteiger partial charge < -0.3 is 10.1 Å². The van der Waals surface area contributed by atoms with E-state index >= 15 is 0 Å². The van der Waals surface area contributed by atoms with Crippen molar-refractivity contribution < 1.29 is 9.53 Å². The fourth-order valence-corrected chi connectivity index (χ4v) is 2.17. The SMILES string of the molecule is CCOC(=O)CNc1ccc(-c2cnc3ccccn23)cn1. The molecule has 3 heterocycles. The van der Waals surface area contributed by atoms with Crippen LogP contribution in [0.4, 0.5) is 5.82 Å². The van der Waals surface area contributed by atoms with Gasteiger partial charge in [0.2, 0.25) is 0 Å². The van der Waals surface area contributed by atoms with Gasteiger partial charge in [0, 0.05) is 18.0 Å². The van der Waals surface area contributed by atoms with Crippen molar-refractivity contribution in [2.24, 2.45) is 0 Å². The van der Waals surface area contributed by atoms with Crippen LogP contribution in [0.25, 0.3) is 16.9 Å².